The number of carbonyl (C=O) groups is 3. The molecule has 1 aromatic heterocycles. The van der Waals surface area contributed by atoms with Crippen molar-refractivity contribution in [3.8, 4) is 0 Å². The van der Waals surface area contributed by atoms with Crippen molar-refractivity contribution in [3.63, 3.8) is 0 Å². The lowest BCUT2D eigenvalue weighted by atomic mass is 9.90. The Balaban J connectivity index is 1.34. The van der Waals surface area contributed by atoms with Crippen LogP contribution in [0.3, 0.4) is 0 Å². The molecule has 4 rings (SSSR count). The number of likely N-dealkylation sites (tertiary alicyclic amines) is 1. The van der Waals surface area contributed by atoms with Crippen molar-refractivity contribution >= 4 is 23.5 Å². The van der Waals surface area contributed by atoms with E-state index in [1.54, 1.807) is 12.3 Å². The molecule has 2 aromatic carbocycles. The molecule has 2 atom stereocenters. The van der Waals surface area contributed by atoms with Gasteiger partial charge in [-0.3, -0.25) is 24.5 Å². The molecule has 0 radical (unpaired) electrons. The zero-order valence-electron chi connectivity index (χ0n) is 19.4. The second kappa shape index (κ2) is 11.3. The number of carbonyl (C=O) groups excluding carboxylic acids is 3. The van der Waals surface area contributed by atoms with E-state index in [1.165, 1.54) is 29.2 Å². The number of rotatable bonds is 11. The molecule has 10 nitrogen and oxygen atoms in total. The van der Waals surface area contributed by atoms with Crippen LogP contribution in [0.2, 0.25) is 0 Å². The van der Waals surface area contributed by atoms with Crippen molar-refractivity contribution in [2.75, 3.05) is 6.54 Å². The van der Waals surface area contributed by atoms with Gasteiger partial charge in [0.1, 0.15) is 25.0 Å². The second-order valence-corrected chi connectivity index (χ2v) is 8.44. The van der Waals surface area contributed by atoms with Crippen molar-refractivity contribution < 1.29 is 28.5 Å². The van der Waals surface area contributed by atoms with E-state index in [9.17, 15) is 24.5 Å². The SMILES string of the molecule is O=C(Cc1ccccc1)N[C@@H]1C(=O)N(CC(=O)OCc2ccc([N+](=O)[O-])cc2)[C@@H]1CCc1ccco1. The van der Waals surface area contributed by atoms with Crippen LogP contribution >= 0.6 is 0 Å². The van der Waals surface area contributed by atoms with Crippen LogP contribution in [0.4, 0.5) is 5.69 Å². The maximum atomic E-state index is 12.8. The van der Waals surface area contributed by atoms with E-state index in [1.807, 2.05) is 36.4 Å². The van der Waals surface area contributed by atoms with E-state index in [2.05, 4.69) is 5.32 Å². The molecule has 1 N–H and O–H groups in total. The van der Waals surface area contributed by atoms with Crippen molar-refractivity contribution in [1.29, 1.82) is 0 Å². The zero-order valence-corrected chi connectivity index (χ0v) is 19.4. The fourth-order valence-electron chi connectivity index (χ4n) is 4.09. The summed E-state index contributed by atoms with van der Waals surface area (Å²) in [6, 6.07) is 17.3. The Morgan fingerprint density at radius 2 is 1.78 bits per heavy atom. The summed E-state index contributed by atoms with van der Waals surface area (Å²) >= 11 is 0. The first kappa shape index (κ1) is 24.6. The Labute approximate surface area is 207 Å². The zero-order chi connectivity index (χ0) is 25.5. The van der Waals surface area contributed by atoms with Crippen LogP contribution in [0.15, 0.2) is 77.4 Å². The normalized spacial score (nSPS) is 16.8. The number of aryl methyl sites for hydroxylation is 1. The van der Waals surface area contributed by atoms with Gasteiger partial charge in [-0.25, -0.2) is 0 Å². The summed E-state index contributed by atoms with van der Waals surface area (Å²) in [6.45, 7) is -0.340. The van der Waals surface area contributed by atoms with Gasteiger partial charge in [0, 0.05) is 18.6 Å². The third-order valence-electron chi connectivity index (χ3n) is 5.97. The largest absolute Gasteiger partial charge is 0.469 e. The first-order valence-electron chi connectivity index (χ1n) is 11.5. The lowest BCUT2D eigenvalue weighted by Gasteiger charge is -2.46. The predicted molar refractivity (Wildman–Crippen MR) is 127 cm³/mol. The highest BCUT2D eigenvalue weighted by Crippen LogP contribution is 2.25. The van der Waals surface area contributed by atoms with Gasteiger partial charge in [-0.2, -0.15) is 0 Å². The van der Waals surface area contributed by atoms with Gasteiger partial charge in [-0.15, -0.1) is 0 Å². The van der Waals surface area contributed by atoms with E-state index >= 15 is 0 Å². The molecule has 2 amide bonds. The molecule has 0 spiro atoms. The molecule has 2 heterocycles. The van der Waals surface area contributed by atoms with Crippen LogP contribution in [0.5, 0.6) is 0 Å². The lowest BCUT2D eigenvalue weighted by molar-refractivity contribution is -0.384. The number of hydrogen-bond donors (Lipinski definition) is 1. The van der Waals surface area contributed by atoms with E-state index in [0.29, 0.717) is 18.4 Å². The Kier molecular flexibility index (Phi) is 7.74. The molecule has 1 aliphatic heterocycles. The number of esters is 1. The molecular formula is C26H25N3O7. The second-order valence-electron chi connectivity index (χ2n) is 8.44. The summed E-state index contributed by atoms with van der Waals surface area (Å²) < 4.78 is 10.6. The first-order chi connectivity index (χ1) is 17.4. The van der Waals surface area contributed by atoms with Gasteiger partial charge in [0.05, 0.1) is 23.6 Å². The van der Waals surface area contributed by atoms with Gasteiger partial charge >= 0.3 is 5.97 Å². The number of nitro benzene ring substituents is 1. The number of ether oxygens (including phenoxy) is 1. The fraction of sp³-hybridized carbons (Fsp3) is 0.269. The summed E-state index contributed by atoms with van der Waals surface area (Å²) in [4.78, 5) is 49.5. The number of hydrogen-bond acceptors (Lipinski definition) is 7. The summed E-state index contributed by atoms with van der Waals surface area (Å²) in [6.07, 6.45) is 2.73. The number of β-lactam (4-membered cyclic amide) rings is 1. The standard InChI is InChI=1S/C26H25N3O7/c30-23(15-18-5-2-1-3-6-18)27-25-22(13-12-21-7-4-14-35-21)28(26(25)32)16-24(31)36-17-19-8-10-20(11-9-19)29(33)34/h1-11,14,22,25H,12-13,15-17H2,(H,27,30)/t22-,25+/m1/s1. The van der Waals surface area contributed by atoms with Crippen molar-refractivity contribution in [3.05, 3.63) is 100.0 Å². The number of non-ortho nitro benzene ring substituents is 1. The van der Waals surface area contributed by atoms with Crippen LogP contribution in [0, 0.1) is 10.1 Å². The molecule has 0 unspecified atom stereocenters. The third-order valence-corrected chi connectivity index (χ3v) is 5.97. The first-order valence-corrected chi connectivity index (χ1v) is 11.5. The minimum Gasteiger partial charge on any atom is -0.469 e. The quantitative estimate of drug-likeness (QED) is 0.189. The van der Waals surface area contributed by atoms with Gasteiger partial charge < -0.3 is 19.4 Å². The van der Waals surface area contributed by atoms with Gasteiger partial charge in [0.25, 0.3) is 5.69 Å². The topological polar surface area (TPSA) is 132 Å². The van der Waals surface area contributed by atoms with Gasteiger partial charge in [0.15, 0.2) is 0 Å². The summed E-state index contributed by atoms with van der Waals surface area (Å²) in [5.41, 5.74) is 1.36. The highest BCUT2D eigenvalue weighted by Gasteiger charge is 2.48. The molecule has 36 heavy (non-hydrogen) atoms. The predicted octanol–water partition coefficient (Wildman–Crippen LogP) is 2.80. The molecule has 0 saturated carbocycles. The van der Waals surface area contributed by atoms with Gasteiger partial charge in [-0.1, -0.05) is 30.3 Å². The van der Waals surface area contributed by atoms with Gasteiger partial charge in [0.2, 0.25) is 11.8 Å². The minimum absolute atomic E-state index is 0.0593. The molecule has 1 saturated heterocycles. The van der Waals surface area contributed by atoms with Crippen LogP contribution in [0.25, 0.3) is 0 Å². The molecule has 1 fully saturated rings. The summed E-state index contributed by atoms with van der Waals surface area (Å²) in [5, 5.41) is 13.6. The maximum Gasteiger partial charge on any atom is 0.325 e. The summed E-state index contributed by atoms with van der Waals surface area (Å²) in [5.74, 6) is -0.501. The number of nitrogens with one attached hydrogen (secondary N) is 1. The van der Waals surface area contributed by atoms with E-state index in [0.717, 1.165) is 11.3 Å². The lowest BCUT2D eigenvalue weighted by Crippen LogP contribution is -2.71. The highest BCUT2D eigenvalue weighted by molar-refractivity contribution is 5.95. The monoisotopic (exact) mass is 491 g/mol. The molecule has 0 bridgehead atoms. The molecule has 3 aromatic rings. The highest BCUT2D eigenvalue weighted by atomic mass is 16.6. The molecule has 10 heteroatoms. The average molecular weight is 492 g/mol. The maximum absolute atomic E-state index is 12.8. The number of benzene rings is 2. The third kappa shape index (κ3) is 6.15. The molecular weight excluding hydrogens is 466 g/mol. The van der Waals surface area contributed by atoms with Crippen molar-refractivity contribution in [1.82, 2.24) is 10.2 Å². The fourth-order valence-corrected chi connectivity index (χ4v) is 4.09. The molecule has 0 aliphatic carbocycles. The number of nitrogens with zero attached hydrogens (tertiary/aromatic N) is 2. The Morgan fingerprint density at radius 1 is 1.03 bits per heavy atom. The van der Waals surface area contributed by atoms with E-state index in [-0.39, 0.29) is 37.1 Å². The van der Waals surface area contributed by atoms with Crippen LogP contribution in [-0.2, 0) is 38.6 Å². The Morgan fingerprint density at radius 3 is 2.44 bits per heavy atom. The van der Waals surface area contributed by atoms with Gasteiger partial charge in [-0.05, 0) is 41.8 Å². The van der Waals surface area contributed by atoms with E-state index in [4.69, 9.17) is 9.15 Å². The molecule has 186 valence electrons. The number of nitro groups is 1. The molecule has 1 aliphatic rings. The Hall–Kier alpha value is -4.47. The Bertz CT molecular complexity index is 1210. The number of furan rings is 1. The van der Waals surface area contributed by atoms with Crippen molar-refractivity contribution in [2.45, 2.75) is 38.0 Å². The minimum atomic E-state index is -0.737. The average Bonchev–Trinajstić information content (AvgIpc) is 3.40. The smallest absolute Gasteiger partial charge is 0.325 e. The van der Waals surface area contributed by atoms with Crippen LogP contribution in [0.1, 0.15) is 23.3 Å². The van der Waals surface area contributed by atoms with Crippen molar-refractivity contribution in [2.24, 2.45) is 0 Å². The van der Waals surface area contributed by atoms with Crippen LogP contribution in [-0.4, -0.2) is 46.2 Å². The number of amides is 2. The van der Waals surface area contributed by atoms with E-state index < -0.39 is 23.0 Å². The van der Waals surface area contributed by atoms with Crippen LogP contribution < -0.4 is 5.32 Å². The summed E-state index contributed by atoms with van der Waals surface area (Å²) in [7, 11) is 0.